The molecule has 1 aromatic rings. The van der Waals surface area contributed by atoms with Crippen LogP contribution in [-0.2, 0) is 0 Å². The quantitative estimate of drug-likeness (QED) is 0.622. The van der Waals surface area contributed by atoms with Crippen molar-refractivity contribution in [1.82, 2.24) is 0 Å². The van der Waals surface area contributed by atoms with Crippen LogP contribution in [0.5, 0.6) is 0 Å². The van der Waals surface area contributed by atoms with Crippen LogP contribution in [0.4, 0.5) is 8.78 Å². The molecule has 0 N–H and O–H groups in total. The largest absolute Gasteiger partial charge is 0.270 e. The molecule has 0 bridgehead atoms. The molecule has 0 saturated heterocycles. The molecule has 0 aliphatic carbocycles. The molecule has 3 heteroatoms. The summed E-state index contributed by atoms with van der Waals surface area (Å²) in [4.78, 5) is 0. The average molecular weight is 254 g/mol. The standard InChI is InChI=1S/C14H20F2Si/c1-4-17(5-2,6-3)13(14(15)16)12-10-8-7-9-11-12/h7-11H,4-6H2,1-3H3. The molecule has 0 amide bonds. The molecule has 0 atom stereocenters. The van der Waals surface area contributed by atoms with Crippen molar-refractivity contribution >= 4 is 13.3 Å². The summed E-state index contributed by atoms with van der Waals surface area (Å²) in [5.74, 6) is 0. The van der Waals surface area contributed by atoms with Crippen molar-refractivity contribution < 1.29 is 8.78 Å². The fourth-order valence-electron chi connectivity index (χ4n) is 2.50. The van der Waals surface area contributed by atoms with Crippen molar-refractivity contribution in [2.24, 2.45) is 0 Å². The van der Waals surface area contributed by atoms with E-state index in [4.69, 9.17) is 0 Å². The number of hydrogen-bond acceptors (Lipinski definition) is 0. The predicted molar refractivity (Wildman–Crippen MR) is 72.8 cm³/mol. The molecule has 1 rings (SSSR count). The van der Waals surface area contributed by atoms with Crippen molar-refractivity contribution in [3.05, 3.63) is 42.0 Å². The fraction of sp³-hybridized carbons (Fsp3) is 0.429. The first-order valence-electron chi connectivity index (χ1n) is 6.22. The van der Waals surface area contributed by atoms with E-state index < -0.39 is 14.2 Å². The summed E-state index contributed by atoms with van der Waals surface area (Å²) in [6, 6.07) is 11.8. The Morgan fingerprint density at radius 1 is 0.941 bits per heavy atom. The summed E-state index contributed by atoms with van der Waals surface area (Å²) in [5.41, 5.74) is 0.713. The van der Waals surface area contributed by atoms with Gasteiger partial charge in [-0.15, -0.1) is 0 Å². The van der Waals surface area contributed by atoms with Crippen molar-refractivity contribution in [2.75, 3.05) is 0 Å². The van der Waals surface area contributed by atoms with E-state index in [9.17, 15) is 8.78 Å². The highest BCUT2D eigenvalue weighted by Gasteiger charge is 2.35. The predicted octanol–water partition coefficient (Wildman–Crippen LogP) is 5.34. The van der Waals surface area contributed by atoms with Crippen LogP contribution < -0.4 is 0 Å². The van der Waals surface area contributed by atoms with E-state index in [-0.39, 0.29) is 0 Å². The van der Waals surface area contributed by atoms with Crippen LogP contribution in [0.1, 0.15) is 26.3 Å². The van der Waals surface area contributed by atoms with Gasteiger partial charge < -0.3 is 0 Å². The summed E-state index contributed by atoms with van der Waals surface area (Å²) in [5, 5.41) is 0.366. The van der Waals surface area contributed by atoms with Crippen LogP contribution in [0.25, 0.3) is 5.20 Å². The first-order chi connectivity index (χ1) is 8.11. The third kappa shape index (κ3) is 2.83. The molecule has 0 radical (unpaired) electrons. The monoisotopic (exact) mass is 254 g/mol. The number of halogens is 2. The summed E-state index contributed by atoms with van der Waals surface area (Å²) < 4.78 is 26.7. The lowest BCUT2D eigenvalue weighted by Gasteiger charge is -2.30. The van der Waals surface area contributed by atoms with Gasteiger partial charge in [0.2, 0.25) is 0 Å². The lowest BCUT2D eigenvalue weighted by molar-refractivity contribution is 0.427. The maximum atomic E-state index is 13.4. The van der Waals surface area contributed by atoms with E-state index in [1.54, 1.807) is 12.1 Å². The van der Waals surface area contributed by atoms with E-state index in [0.29, 0.717) is 10.8 Å². The number of rotatable bonds is 5. The molecule has 0 spiro atoms. The van der Waals surface area contributed by atoms with E-state index >= 15 is 0 Å². The van der Waals surface area contributed by atoms with Crippen molar-refractivity contribution in [3.63, 3.8) is 0 Å². The maximum absolute atomic E-state index is 13.4. The topological polar surface area (TPSA) is 0 Å². The average Bonchev–Trinajstić information content (AvgIpc) is 2.36. The summed E-state index contributed by atoms with van der Waals surface area (Å²) in [6.07, 6.45) is -1.48. The minimum absolute atomic E-state index is 0.366. The van der Waals surface area contributed by atoms with Crippen molar-refractivity contribution in [3.8, 4) is 0 Å². The third-order valence-corrected chi connectivity index (χ3v) is 9.41. The second-order valence-electron chi connectivity index (χ2n) is 4.34. The Bertz CT molecular complexity index is 368. The van der Waals surface area contributed by atoms with Gasteiger partial charge in [0, 0.05) is 5.20 Å². The molecule has 17 heavy (non-hydrogen) atoms. The summed E-state index contributed by atoms with van der Waals surface area (Å²) in [7, 11) is -2.02. The van der Waals surface area contributed by atoms with Crippen LogP contribution in [0.2, 0.25) is 18.1 Å². The molecule has 1 aromatic carbocycles. The first-order valence-corrected chi connectivity index (χ1v) is 8.84. The van der Waals surface area contributed by atoms with E-state index in [2.05, 4.69) is 0 Å². The van der Waals surface area contributed by atoms with Gasteiger partial charge in [-0.3, -0.25) is 0 Å². The van der Waals surface area contributed by atoms with Gasteiger partial charge in [-0.05, 0) is 5.56 Å². The molecule has 94 valence electrons. The first kappa shape index (κ1) is 14.1. The zero-order valence-corrected chi connectivity index (χ0v) is 11.8. The number of hydrogen-bond donors (Lipinski definition) is 0. The maximum Gasteiger partial charge on any atom is 0.270 e. The third-order valence-electron chi connectivity index (χ3n) is 3.81. The highest BCUT2D eigenvalue weighted by molar-refractivity contribution is 6.96. The molecular formula is C14H20F2Si. The van der Waals surface area contributed by atoms with Crippen LogP contribution in [0.15, 0.2) is 36.4 Å². The Labute approximate surface area is 103 Å². The molecule has 0 aliphatic heterocycles. The van der Waals surface area contributed by atoms with E-state index in [1.165, 1.54) is 0 Å². The van der Waals surface area contributed by atoms with Gasteiger partial charge >= 0.3 is 0 Å². The SMILES string of the molecule is CC[Si](CC)(CC)C(=C(F)F)c1ccccc1. The van der Waals surface area contributed by atoms with Crippen LogP contribution in [-0.4, -0.2) is 8.07 Å². The second-order valence-corrected chi connectivity index (χ2v) is 9.52. The van der Waals surface area contributed by atoms with Gasteiger partial charge in [0.1, 0.15) is 0 Å². The normalized spacial score (nSPS) is 11.4. The Balaban J connectivity index is 3.34. The minimum Gasteiger partial charge on any atom is -0.174 e. The highest BCUT2D eigenvalue weighted by atomic mass is 28.3. The molecule has 0 heterocycles. The summed E-state index contributed by atoms with van der Waals surface area (Å²) >= 11 is 0. The Morgan fingerprint density at radius 2 is 1.41 bits per heavy atom. The van der Waals surface area contributed by atoms with E-state index in [0.717, 1.165) is 18.1 Å². The fourth-order valence-corrected chi connectivity index (χ4v) is 6.24. The van der Waals surface area contributed by atoms with Gasteiger partial charge in [-0.25, -0.2) is 0 Å². The molecule has 0 saturated carbocycles. The van der Waals surface area contributed by atoms with Crippen LogP contribution in [0, 0.1) is 0 Å². The van der Waals surface area contributed by atoms with Gasteiger partial charge in [-0.1, -0.05) is 69.2 Å². The van der Waals surface area contributed by atoms with E-state index in [1.807, 2.05) is 39.0 Å². The minimum atomic E-state index is -2.02. The number of benzene rings is 1. The molecule has 0 aromatic heterocycles. The molecule has 0 aliphatic rings. The molecule has 0 unspecified atom stereocenters. The summed E-state index contributed by atoms with van der Waals surface area (Å²) in [6.45, 7) is 6.14. The second kappa shape index (κ2) is 6.10. The van der Waals surface area contributed by atoms with Crippen molar-refractivity contribution in [2.45, 2.75) is 38.9 Å². The van der Waals surface area contributed by atoms with Gasteiger partial charge in [0.15, 0.2) is 0 Å². The Hall–Kier alpha value is -0.963. The molecular weight excluding hydrogens is 234 g/mol. The smallest absolute Gasteiger partial charge is 0.174 e. The van der Waals surface area contributed by atoms with Gasteiger partial charge in [0.25, 0.3) is 6.08 Å². The van der Waals surface area contributed by atoms with Crippen LogP contribution in [0.3, 0.4) is 0 Å². The molecule has 0 fully saturated rings. The lowest BCUT2D eigenvalue weighted by Crippen LogP contribution is -2.34. The zero-order valence-electron chi connectivity index (χ0n) is 10.8. The Morgan fingerprint density at radius 3 is 1.76 bits per heavy atom. The Kier molecular flexibility index (Phi) is 5.06. The molecule has 0 nitrogen and oxygen atoms in total. The zero-order chi connectivity index (χ0) is 12.9. The lowest BCUT2D eigenvalue weighted by atomic mass is 10.2. The van der Waals surface area contributed by atoms with Crippen molar-refractivity contribution in [1.29, 1.82) is 0 Å². The van der Waals surface area contributed by atoms with Gasteiger partial charge in [-0.2, -0.15) is 8.78 Å². The highest BCUT2D eigenvalue weighted by Crippen LogP contribution is 2.38. The van der Waals surface area contributed by atoms with Gasteiger partial charge in [0.05, 0.1) is 8.07 Å². The van der Waals surface area contributed by atoms with Crippen LogP contribution >= 0.6 is 0 Å².